The standard InChI is InChI=1S/C11H9N3O3/c15-9-7-8(6-4-2-1-3-5-6)14-17-10(7)13-11(16)12-9/h1-5,7,10H,(H2,12,13,15,16)/t7-,10-/m0/s1. The predicted molar refractivity (Wildman–Crippen MR) is 58.0 cm³/mol. The van der Waals surface area contributed by atoms with E-state index in [-0.39, 0.29) is 5.91 Å². The Morgan fingerprint density at radius 2 is 1.94 bits per heavy atom. The Morgan fingerprint density at radius 3 is 2.71 bits per heavy atom. The molecule has 86 valence electrons. The van der Waals surface area contributed by atoms with Gasteiger partial charge in [0.2, 0.25) is 12.1 Å². The van der Waals surface area contributed by atoms with Crippen LogP contribution in [0.3, 0.4) is 0 Å². The number of rotatable bonds is 1. The van der Waals surface area contributed by atoms with Crippen molar-refractivity contribution in [2.24, 2.45) is 11.1 Å². The predicted octanol–water partition coefficient (Wildman–Crippen LogP) is 0.203. The highest BCUT2D eigenvalue weighted by molar-refractivity contribution is 6.17. The smallest absolute Gasteiger partial charge is 0.324 e. The van der Waals surface area contributed by atoms with E-state index in [1.165, 1.54) is 0 Å². The monoisotopic (exact) mass is 231 g/mol. The molecular formula is C11H9N3O3. The number of nitrogens with one attached hydrogen (secondary N) is 2. The Morgan fingerprint density at radius 1 is 1.18 bits per heavy atom. The summed E-state index contributed by atoms with van der Waals surface area (Å²) >= 11 is 0. The number of urea groups is 1. The van der Waals surface area contributed by atoms with Crippen molar-refractivity contribution in [1.82, 2.24) is 10.6 Å². The molecule has 2 aliphatic heterocycles. The molecule has 6 heteroatoms. The SMILES string of the molecule is O=C1NC(=O)[C@@H]2C(c3ccccc3)=NO[C@@H]2N1. The Hall–Kier alpha value is -2.37. The number of hydrogen-bond acceptors (Lipinski definition) is 4. The van der Waals surface area contributed by atoms with Gasteiger partial charge in [-0.1, -0.05) is 35.5 Å². The topological polar surface area (TPSA) is 79.8 Å². The number of hydrogen-bond donors (Lipinski definition) is 2. The van der Waals surface area contributed by atoms with Gasteiger partial charge in [0, 0.05) is 5.56 Å². The molecule has 0 saturated carbocycles. The van der Waals surface area contributed by atoms with Gasteiger partial charge in [0.1, 0.15) is 11.6 Å². The first-order valence-electron chi connectivity index (χ1n) is 5.16. The lowest BCUT2D eigenvalue weighted by molar-refractivity contribution is -0.126. The molecule has 0 spiro atoms. The molecule has 1 aromatic carbocycles. The molecular weight excluding hydrogens is 222 g/mol. The molecule has 3 amide bonds. The Bertz CT molecular complexity index is 512. The van der Waals surface area contributed by atoms with E-state index in [0.29, 0.717) is 5.71 Å². The fraction of sp³-hybridized carbons (Fsp3) is 0.182. The molecule has 2 aliphatic rings. The normalized spacial score (nSPS) is 26.5. The van der Waals surface area contributed by atoms with Gasteiger partial charge in [-0.2, -0.15) is 0 Å². The van der Waals surface area contributed by atoms with E-state index in [9.17, 15) is 9.59 Å². The van der Waals surface area contributed by atoms with Gasteiger partial charge in [-0.05, 0) is 0 Å². The van der Waals surface area contributed by atoms with Crippen LogP contribution in [0.4, 0.5) is 4.79 Å². The van der Waals surface area contributed by atoms with E-state index in [4.69, 9.17) is 4.84 Å². The van der Waals surface area contributed by atoms with Gasteiger partial charge >= 0.3 is 6.03 Å². The molecule has 0 aliphatic carbocycles. The maximum Gasteiger partial charge on any atom is 0.324 e. The quantitative estimate of drug-likeness (QED) is 0.724. The summed E-state index contributed by atoms with van der Waals surface area (Å²) in [6.45, 7) is 0. The number of benzene rings is 1. The lowest BCUT2D eigenvalue weighted by Crippen LogP contribution is -2.58. The van der Waals surface area contributed by atoms with Crippen molar-refractivity contribution >= 4 is 17.6 Å². The largest absolute Gasteiger partial charge is 0.369 e. The molecule has 6 nitrogen and oxygen atoms in total. The molecule has 0 aromatic heterocycles. The Kier molecular flexibility index (Phi) is 2.07. The van der Waals surface area contributed by atoms with Crippen molar-refractivity contribution in [3.63, 3.8) is 0 Å². The number of imide groups is 1. The van der Waals surface area contributed by atoms with Gasteiger partial charge < -0.3 is 4.84 Å². The zero-order valence-corrected chi connectivity index (χ0v) is 8.71. The van der Waals surface area contributed by atoms with E-state index < -0.39 is 18.2 Å². The minimum atomic E-state index is -0.702. The first-order valence-corrected chi connectivity index (χ1v) is 5.16. The van der Waals surface area contributed by atoms with Crippen LogP contribution in [-0.4, -0.2) is 23.9 Å². The van der Waals surface area contributed by atoms with Crippen molar-refractivity contribution in [3.8, 4) is 0 Å². The molecule has 0 radical (unpaired) electrons. The lowest BCUT2D eigenvalue weighted by Gasteiger charge is -2.23. The first-order chi connectivity index (χ1) is 8.25. The molecule has 1 fully saturated rings. The van der Waals surface area contributed by atoms with Gasteiger partial charge in [-0.25, -0.2) is 4.79 Å². The van der Waals surface area contributed by atoms with E-state index in [2.05, 4.69) is 15.8 Å². The molecule has 3 rings (SSSR count). The third-order valence-corrected chi connectivity index (χ3v) is 2.72. The van der Waals surface area contributed by atoms with Gasteiger partial charge in [0.05, 0.1) is 0 Å². The number of oxime groups is 1. The van der Waals surface area contributed by atoms with E-state index in [0.717, 1.165) is 5.56 Å². The summed E-state index contributed by atoms with van der Waals surface area (Å²) in [5.41, 5.74) is 1.35. The van der Waals surface area contributed by atoms with Crippen molar-refractivity contribution in [3.05, 3.63) is 35.9 Å². The van der Waals surface area contributed by atoms with Crippen LogP contribution in [0.25, 0.3) is 0 Å². The minimum absolute atomic E-state index is 0.390. The summed E-state index contributed by atoms with van der Waals surface area (Å²) in [7, 11) is 0. The molecule has 1 saturated heterocycles. The summed E-state index contributed by atoms with van der Waals surface area (Å²) in [6.07, 6.45) is -0.702. The zero-order valence-electron chi connectivity index (χ0n) is 8.71. The Labute approximate surface area is 96.6 Å². The maximum absolute atomic E-state index is 11.7. The highest BCUT2D eigenvalue weighted by Gasteiger charge is 2.45. The van der Waals surface area contributed by atoms with E-state index in [1.807, 2.05) is 30.3 Å². The van der Waals surface area contributed by atoms with Crippen molar-refractivity contribution in [2.45, 2.75) is 6.23 Å². The van der Waals surface area contributed by atoms with E-state index >= 15 is 0 Å². The Balaban J connectivity index is 1.94. The summed E-state index contributed by atoms with van der Waals surface area (Å²) in [4.78, 5) is 27.9. The third-order valence-electron chi connectivity index (χ3n) is 2.72. The van der Waals surface area contributed by atoms with Crippen LogP contribution in [-0.2, 0) is 9.63 Å². The average Bonchev–Trinajstić information content (AvgIpc) is 2.74. The average molecular weight is 231 g/mol. The second-order valence-corrected chi connectivity index (χ2v) is 3.81. The van der Waals surface area contributed by atoms with Crippen LogP contribution in [0, 0.1) is 5.92 Å². The zero-order chi connectivity index (χ0) is 11.8. The van der Waals surface area contributed by atoms with Crippen LogP contribution in [0.5, 0.6) is 0 Å². The summed E-state index contributed by atoms with van der Waals surface area (Å²) in [6, 6.07) is 8.71. The highest BCUT2D eigenvalue weighted by atomic mass is 16.7. The highest BCUT2D eigenvalue weighted by Crippen LogP contribution is 2.23. The number of fused-ring (bicyclic) bond motifs is 1. The van der Waals surface area contributed by atoms with Gasteiger partial charge in [0.25, 0.3) is 0 Å². The summed E-state index contributed by atoms with van der Waals surface area (Å²) in [5.74, 6) is -0.978. The number of carbonyl (C=O) groups excluding carboxylic acids is 2. The van der Waals surface area contributed by atoms with Crippen molar-refractivity contribution in [2.75, 3.05) is 0 Å². The van der Waals surface area contributed by atoms with E-state index in [1.54, 1.807) is 0 Å². The maximum atomic E-state index is 11.7. The fourth-order valence-corrected chi connectivity index (χ4v) is 1.94. The van der Waals surface area contributed by atoms with Gasteiger partial charge in [0.15, 0.2) is 0 Å². The van der Waals surface area contributed by atoms with Crippen LogP contribution < -0.4 is 10.6 Å². The van der Waals surface area contributed by atoms with Crippen molar-refractivity contribution in [1.29, 1.82) is 0 Å². The lowest BCUT2D eigenvalue weighted by atomic mass is 9.94. The van der Waals surface area contributed by atoms with Crippen LogP contribution in [0.2, 0.25) is 0 Å². The molecule has 2 atom stereocenters. The number of amides is 3. The summed E-state index contributed by atoms with van der Waals surface area (Å²) in [5, 5.41) is 8.58. The second-order valence-electron chi connectivity index (χ2n) is 3.81. The summed E-state index contributed by atoms with van der Waals surface area (Å²) < 4.78 is 0. The van der Waals surface area contributed by atoms with Gasteiger partial charge in [-0.3, -0.25) is 15.4 Å². The van der Waals surface area contributed by atoms with Gasteiger partial charge in [-0.15, -0.1) is 0 Å². The van der Waals surface area contributed by atoms with Crippen LogP contribution in [0.15, 0.2) is 35.5 Å². The minimum Gasteiger partial charge on any atom is -0.369 e. The fourth-order valence-electron chi connectivity index (χ4n) is 1.94. The number of carbonyl (C=O) groups is 2. The molecule has 1 aromatic rings. The molecule has 0 bridgehead atoms. The molecule has 17 heavy (non-hydrogen) atoms. The second kappa shape index (κ2) is 3.58. The van der Waals surface area contributed by atoms with Crippen molar-refractivity contribution < 1.29 is 14.4 Å². The van der Waals surface area contributed by atoms with Crippen LogP contribution >= 0.6 is 0 Å². The molecule has 2 heterocycles. The number of nitrogens with zero attached hydrogens (tertiary/aromatic N) is 1. The molecule has 2 N–H and O–H groups in total. The van der Waals surface area contributed by atoms with Crippen LogP contribution in [0.1, 0.15) is 5.56 Å². The molecule has 0 unspecified atom stereocenters. The first kappa shape index (κ1) is 9.83. The third kappa shape index (κ3) is 1.54.